The molecule has 0 aliphatic heterocycles. The lowest BCUT2D eigenvalue weighted by molar-refractivity contribution is -0.114. The van der Waals surface area contributed by atoms with E-state index in [-0.39, 0.29) is 5.82 Å². The van der Waals surface area contributed by atoms with Gasteiger partial charge in [0.15, 0.2) is 0 Å². The first-order chi connectivity index (χ1) is 18.9. The molecule has 0 radical (unpaired) electrons. The van der Waals surface area contributed by atoms with Crippen LogP contribution in [0.25, 0.3) is 22.0 Å². The van der Waals surface area contributed by atoms with E-state index in [0.717, 1.165) is 36.3 Å². The number of Topliss-reactive ketones (excluding diaryl/α,β-unsaturated/α-hetero) is 1. The number of ketones is 1. The van der Waals surface area contributed by atoms with Gasteiger partial charge in [-0.1, -0.05) is 59.7 Å². The summed E-state index contributed by atoms with van der Waals surface area (Å²) in [5, 5.41) is 0.692. The Labute approximate surface area is 231 Å². The Hall–Kier alpha value is -3.97. The summed E-state index contributed by atoms with van der Waals surface area (Å²) >= 11 is 0. The summed E-state index contributed by atoms with van der Waals surface area (Å²) in [4.78, 5) is 26.6. The number of ether oxygens (including phenoxy) is 1. The molecule has 0 unspecified atom stereocenters. The third-order valence-electron chi connectivity index (χ3n) is 6.14. The minimum Gasteiger partial charge on any atom is -0.457 e. The number of rotatable bonds is 10. The van der Waals surface area contributed by atoms with Crippen molar-refractivity contribution in [3.05, 3.63) is 84.3 Å². The summed E-state index contributed by atoms with van der Waals surface area (Å²) in [5.41, 5.74) is 8.33. The van der Waals surface area contributed by atoms with Gasteiger partial charge in [0.05, 0.1) is 5.56 Å². The lowest BCUT2D eigenvalue weighted by Crippen LogP contribution is -2.27. The molecule has 0 saturated carbocycles. The molecule has 3 aromatic carbocycles. The van der Waals surface area contributed by atoms with Crippen LogP contribution in [0.3, 0.4) is 0 Å². The number of amides is 1. The van der Waals surface area contributed by atoms with Crippen LogP contribution in [-0.2, 0) is 11.3 Å². The first-order valence-electron chi connectivity index (χ1n) is 13.6. The second-order valence-electron chi connectivity index (χ2n) is 8.27. The van der Waals surface area contributed by atoms with E-state index in [1.807, 2.05) is 74.7 Å². The fraction of sp³-hybridized carbons (Fsp3) is 0.312. The second-order valence-corrected chi connectivity index (χ2v) is 8.27. The van der Waals surface area contributed by atoms with E-state index >= 15 is 0 Å². The van der Waals surface area contributed by atoms with Crippen molar-refractivity contribution in [2.24, 2.45) is 5.73 Å². The molecule has 0 saturated heterocycles. The highest BCUT2D eigenvalue weighted by atomic mass is 19.1. The fourth-order valence-corrected chi connectivity index (χ4v) is 4.12. The summed E-state index contributed by atoms with van der Waals surface area (Å²) in [6, 6.07) is 19.2. The first-order valence-corrected chi connectivity index (χ1v) is 13.6. The number of nitrogens with zero attached hydrogens (tertiary/aromatic N) is 2. The molecule has 4 rings (SSSR count). The van der Waals surface area contributed by atoms with Crippen LogP contribution in [0.4, 0.5) is 4.39 Å². The number of benzene rings is 3. The van der Waals surface area contributed by atoms with E-state index in [4.69, 9.17) is 10.5 Å². The molecule has 208 valence electrons. The number of fused-ring (bicyclic) bond motifs is 1. The lowest BCUT2D eigenvalue weighted by atomic mass is 10.0. The molecule has 1 amide bonds. The van der Waals surface area contributed by atoms with Crippen LogP contribution < -0.4 is 10.5 Å². The van der Waals surface area contributed by atoms with Crippen molar-refractivity contribution in [2.45, 2.75) is 48.1 Å². The number of likely N-dealkylation sites (N-methyl/N-ethyl adjacent to an activating group) is 1. The third kappa shape index (κ3) is 8.01. The average molecular weight is 534 g/mol. The van der Waals surface area contributed by atoms with Gasteiger partial charge in [0.1, 0.15) is 17.3 Å². The number of carbonyl (C=O) groups is 2. The molecular weight excluding hydrogens is 493 g/mol. The number of nitrogens with two attached hydrogens (primary N) is 1. The van der Waals surface area contributed by atoms with Gasteiger partial charge in [-0.3, -0.25) is 9.59 Å². The number of aromatic nitrogens is 1. The van der Waals surface area contributed by atoms with E-state index in [9.17, 15) is 14.0 Å². The smallest absolute Gasteiger partial charge is 0.289 e. The van der Waals surface area contributed by atoms with Gasteiger partial charge in [-0.2, -0.15) is 0 Å². The van der Waals surface area contributed by atoms with Crippen molar-refractivity contribution in [3.63, 3.8) is 0 Å². The highest BCUT2D eigenvalue weighted by molar-refractivity contribution is 6.44. The molecule has 4 aromatic rings. The van der Waals surface area contributed by atoms with Crippen LogP contribution in [-0.4, -0.2) is 40.8 Å². The van der Waals surface area contributed by atoms with Crippen LogP contribution in [0, 0.1) is 5.82 Å². The van der Waals surface area contributed by atoms with Gasteiger partial charge in [0, 0.05) is 30.2 Å². The summed E-state index contributed by atoms with van der Waals surface area (Å²) in [6.45, 7) is 15.6. The number of carbonyl (C=O) groups excluding carboxylic acids is 2. The summed E-state index contributed by atoms with van der Waals surface area (Å²) in [5.74, 6) is -0.828. The average Bonchev–Trinajstić information content (AvgIpc) is 3.34. The van der Waals surface area contributed by atoms with E-state index in [1.165, 1.54) is 12.1 Å². The maximum atomic E-state index is 13.1. The summed E-state index contributed by atoms with van der Waals surface area (Å²) < 4.78 is 20.9. The Morgan fingerprint density at radius 3 is 1.92 bits per heavy atom. The van der Waals surface area contributed by atoms with Crippen LogP contribution in [0.1, 0.15) is 51.9 Å². The summed E-state index contributed by atoms with van der Waals surface area (Å²) in [6.07, 6.45) is 1.73. The highest BCUT2D eigenvalue weighted by Gasteiger charge is 2.20. The largest absolute Gasteiger partial charge is 0.457 e. The predicted molar refractivity (Wildman–Crippen MR) is 158 cm³/mol. The van der Waals surface area contributed by atoms with E-state index in [2.05, 4.69) is 18.7 Å². The molecule has 1 aromatic heterocycles. The zero-order chi connectivity index (χ0) is 28.9. The number of primary amides is 1. The van der Waals surface area contributed by atoms with E-state index < -0.39 is 11.7 Å². The van der Waals surface area contributed by atoms with Gasteiger partial charge in [0.25, 0.3) is 11.7 Å². The molecule has 6 nitrogen and oxygen atoms in total. The van der Waals surface area contributed by atoms with Gasteiger partial charge in [-0.05, 0) is 72.7 Å². The molecule has 2 N–H and O–H groups in total. The number of hydrogen-bond donors (Lipinski definition) is 1. The van der Waals surface area contributed by atoms with Crippen LogP contribution >= 0.6 is 0 Å². The van der Waals surface area contributed by atoms with Crippen molar-refractivity contribution >= 4 is 22.6 Å². The summed E-state index contributed by atoms with van der Waals surface area (Å²) in [7, 11) is 0. The zero-order valence-electron chi connectivity index (χ0n) is 23.8. The van der Waals surface area contributed by atoms with E-state index in [1.54, 1.807) is 18.3 Å². The predicted octanol–water partition coefficient (Wildman–Crippen LogP) is 7.30. The van der Waals surface area contributed by atoms with Crippen LogP contribution in [0.5, 0.6) is 11.5 Å². The number of halogens is 1. The Morgan fingerprint density at radius 2 is 1.38 bits per heavy atom. The van der Waals surface area contributed by atoms with Crippen LogP contribution in [0.2, 0.25) is 0 Å². The van der Waals surface area contributed by atoms with Crippen LogP contribution in [0.15, 0.2) is 72.9 Å². The minimum absolute atomic E-state index is 0.310. The zero-order valence-corrected chi connectivity index (χ0v) is 23.8. The van der Waals surface area contributed by atoms with Crippen molar-refractivity contribution in [1.29, 1.82) is 0 Å². The van der Waals surface area contributed by atoms with Gasteiger partial charge >= 0.3 is 0 Å². The molecule has 0 spiro atoms. The first kappa shape index (κ1) is 31.2. The molecule has 0 bridgehead atoms. The van der Waals surface area contributed by atoms with Crippen molar-refractivity contribution < 1.29 is 18.7 Å². The molecule has 0 aliphatic carbocycles. The molecule has 0 aliphatic rings. The minimum atomic E-state index is -0.972. The van der Waals surface area contributed by atoms with Gasteiger partial charge in [0.2, 0.25) is 0 Å². The lowest BCUT2D eigenvalue weighted by Gasteiger charge is -2.18. The van der Waals surface area contributed by atoms with E-state index in [0.29, 0.717) is 29.0 Å². The maximum Gasteiger partial charge on any atom is 0.289 e. The Bertz CT molecular complexity index is 1340. The topological polar surface area (TPSA) is 77.6 Å². The normalized spacial score (nSPS) is 10.4. The Morgan fingerprint density at radius 1 is 0.846 bits per heavy atom. The molecule has 7 heteroatoms. The number of hydrogen-bond acceptors (Lipinski definition) is 4. The maximum absolute atomic E-state index is 13.1. The van der Waals surface area contributed by atoms with Crippen molar-refractivity contribution in [2.75, 3.05) is 19.6 Å². The van der Waals surface area contributed by atoms with Crippen molar-refractivity contribution in [3.8, 4) is 22.6 Å². The third-order valence-corrected chi connectivity index (χ3v) is 6.14. The highest BCUT2D eigenvalue weighted by Crippen LogP contribution is 2.30. The van der Waals surface area contributed by atoms with Gasteiger partial charge < -0.3 is 19.9 Å². The SMILES string of the molecule is CC.CC.CCN(CC)CCn1cc(C(=O)C(N)=O)c2cc(-c3ccc(Oc4ccc(F)cc4)cc3)ccc21. The molecule has 0 atom stereocenters. The molecular formula is C32H40FN3O3. The Balaban J connectivity index is 0.00000127. The van der Waals surface area contributed by atoms with Gasteiger partial charge in [-0.25, -0.2) is 4.39 Å². The molecule has 39 heavy (non-hydrogen) atoms. The fourth-order valence-electron chi connectivity index (χ4n) is 4.12. The molecule has 1 heterocycles. The Kier molecular flexibility index (Phi) is 12.4. The van der Waals surface area contributed by atoms with Gasteiger partial charge in [-0.15, -0.1) is 0 Å². The van der Waals surface area contributed by atoms with Crippen molar-refractivity contribution in [1.82, 2.24) is 9.47 Å². The monoisotopic (exact) mass is 533 g/mol. The molecule has 0 fully saturated rings. The second kappa shape index (κ2) is 15.4. The quantitative estimate of drug-likeness (QED) is 0.171. The standard InChI is InChI=1S/C28H28FN3O3.2C2H6/c1-3-31(4-2)15-16-32-18-25(27(33)28(30)34)24-17-20(7-14-26(24)32)19-5-10-22(11-6-19)35-23-12-8-21(29)9-13-23;2*1-2/h5-14,17-18H,3-4,15-16H2,1-2H3,(H2,30,34);2*1-2H3.